The molecule has 1 unspecified atom stereocenters. The molecule has 0 saturated heterocycles. The van der Waals surface area contributed by atoms with Crippen LogP contribution in [0.25, 0.3) is 0 Å². The van der Waals surface area contributed by atoms with Crippen molar-refractivity contribution in [2.75, 3.05) is 0 Å². The lowest BCUT2D eigenvalue weighted by atomic mass is 9.99. The van der Waals surface area contributed by atoms with Gasteiger partial charge in [-0.3, -0.25) is 0 Å². The maximum Gasteiger partial charge on any atom is 0.332 e. The molecule has 11 heavy (non-hydrogen) atoms. The summed E-state index contributed by atoms with van der Waals surface area (Å²) in [6.45, 7) is 7.37. The second kappa shape index (κ2) is 4.13. The Balaban J connectivity index is 3.93. The van der Waals surface area contributed by atoms with Crippen molar-refractivity contribution in [1.82, 2.24) is 0 Å². The Morgan fingerprint density at radius 1 is 1.64 bits per heavy atom. The van der Waals surface area contributed by atoms with Crippen LogP contribution >= 0.6 is 0 Å². The highest BCUT2D eigenvalue weighted by molar-refractivity contribution is 5.87. The second-order valence-electron chi connectivity index (χ2n) is 3.07. The Bertz CT molecular complexity index is 163. The highest BCUT2D eigenvalue weighted by Crippen LogP contribution is 2.08. The Morgan fingerprint density at radius 3 is 2.36 bits per heavy atom. The molecule has 0 aromatic rings. The van der Waals surface area contributed by atoms with E-state index in [4.69, 9.17) is 10.8 Å². The van der Waals surface area contributed by atoms with Crippen molar-refractivity contribution in [3.63, 3.8) is 0 Å². The van der Waals surface area contributed by atoms with E-state index in [1.165, 1.54) is 0 Å². The minimum absolute atomic E-state index is 0.0960. The summed E-state index contributed by atoms with van der Waals surface area (Å²) >= 11 is 0. The summed E-state index contributed by atoms with van der Waals surface area (Å²) in [5.74, 6) is -0.598. The molecule has 0 aromatic heterocycles. The van der Waals surface area contributed by atoms with E-state index in [1.54, 1.807) is 0 Å². The third-order valence-electron chi connectivity index (χ3n) is 1.45. The zero-order chi connectivity index (χ0) is 9.02. The van der Waals surface area contributed by atoms with Crippen LogP contribution in [-0.4, -0.2) is 17.1 Å². The standard InChI is InChI=1S/C8H15NO2/c1-5(2)4-7(9)6(3)8(10)11/h5,7H,3-4,9H2,1-2H3,(H,10,11). The Labute approximate surface area is 66.9 Å². The van der Waals surface area contributed by atoms with E-state index in [-0.39, 0.29) is 5.57 Å². The summed E-state index contributed by atoms with van der Waals surface area (Å²) in [5.41, 5.74) is 5.63. The molecule has 0 aliphatic heterocycles. The zero-order valence-corrected chi connectivity index (χ0v) is 7.00. The number of carboxylic acid groups (broad SMARTS) is 1. The van der Waals surface area contributed by atoms with E-state index in [1.807, 2.05) is 13.8 Å². The Morgan fingerprint density at radius 2 is 2.09 bits per heavy atom. The lowest BCUT2D eigenvalue weighted by molar-refractivity contribution is -0.132. The fourth-order valence-electron chi connectivity index (χ4n) is 0.809. The van der Waals surface area contributed by atoms with Gasteiger partial charge in [0, 0.05) is 11.6 Å². The minimum atomic E-state index is -1.00. The summed E-state index contributed by atoms with van der Waals surface area (Å²) in [7, 11) is 0. The third kappa shape index (κ3) is 3.78. The molecule has 1 atom stereocenters. The number of carboxylic acids is 1. The molecule has 3 N–H and O–H groups in total. The molecule has 3 heteroatoms. The Kier molecular flexibility index (Phi) is 3.82. The van der Waals surface area contributed by atoms with Crippen LogP contribution in [-0.2, 0) is 4.79 Å². The average Bonchev–Trinajstić information content (AvgIpc) is 1.84. The third-order valence-corrected chi connectivity index (χ3v) is 1.45. The van der Waals surface area contributed by atoms with Crippen LogP contribution in [0, 0.1) is 5.92 Å². The molecule has 0 radical (unpaired) electrons. The molecule has 0 fully saturated rings. The molecule has 0 bridgehead atoms. The van der Waals surface area contributed by atoms with Crippen molar-refractivity contribution in [3.8, 4) is 0 Å². The van der Waals surface area contributed by atoms with Gasteiger partial charge < -0.3 is 10.8 Å². The quantitative estimate of drug-likeness (QED) is 0.598. The van der Waals surface area contributed by atoms with E-state index < -0.39 is 12.0 Å². The average molecular weight is 157 g/mol. The van der Waals surface area contributed by atoms with Gasteiger partial charge in [0.1, 0.15) is 0 Å². The van der Waals surface area contributed by atoms with Crippen LogP contribution in [0.15, 0.2) is 12.2 Å². The molecule has 64 valence electrons. The highest BCUT2D eigenvalue weighted by atomic mass is 16.4. The summed E-state index contributed by atoms with van der Waals surface area (Å²) in [4.78, 5) is 10.3. The molecule has 0 spiro atoms. The Hall–Kier alpha value is -0.830. The van der Waals surface area contributed by atoms with Crippen LogP contribution in [0.3, 0.4) is 0 Å². The molecular weight excluding hydrogens is 142 g/mol. The predicted octanol–water partition coefficient (Wildman–Crippen LogP) is 1.00. The van der Waals surface area contributed by atoms with Gasteiger partial charge >= 0.3 is 5.97 Å². The van der Waals surface area contributed by atoms with E-state index in [9.17, 15) is 4.79 Å². The lowest BCUT2D eigenvalue weighted by Crippen LogP contribution is -2.28. The van der Waals surface area contributed by atoms with Gasteiger partial charge in [-0.15, -0.1) is 0 Å². The number of rotatable bonds is 4. The van der Waals surface area contributed by atoms with Gasteiger partial charge in [0.15, 0.2) is 0 Å². The number of aliphatic carboxylic acids is 1. The molecule has 0 aliphatic rings. The number of nitrogens with two attached hydrogens (primary N) is 1. The summed E-state index contributed by atoms with van der Waals surface area (Å²) in [6, 6.07) is -0.410. The van der Waals surface area contributed by atoms with Gasteiger partial charge in [-0.25, -0.2) is 4.79 Å². The molecule has 0 rings (SSSR count). The molecule has 0 heterocycles. The van der Waals surface area contributed by atoms with Gasteiger partial charge in [-0.2, -0.15) is 0 Å². The maximum atomic E-state index is 10.3. The SMILES string of the molecule is C=C(C(=O)O)C(N)CC(C)C. The highest BCUT2D eigenvalue weighted by Gasteiger charge is 2.14. The second-order valence-corrected chi connectivity index (χ2v) is 3.07. The number of hydrogen-bond acceptors (Lipinski definition) is 2. The van der Waals surface area contributed by atoms with Gasteiger partial charge in [0.05, 0.1) is 0 Å². The smallest absolute Gasteiger partial charge is 0.332 e. The molecule has 0 amide bonds. The normalized spacial score (nSPS) is 13.1. The van der Waals surface area contributed by atoms with Gasteiger partial charge in [-0.05, 0) is 12.3 Å². The monoisotopic (exact) mass is 157 g/mol. The van der Waals surface area contributed by atoms with Gasteiger partial charge in [0.2, 0.25) is 0 Å². The van der Waals surface area contributed by atoms with Gasteiger partial charge in [0.25, 0.3) is 0 Å². The summed E-state index contributed by atoms with van der Waals surface area (Å²) in [6.07, 6.45) is 0.672. The van der Waals surface area contributed by atoms with E-state index >= 15 is 0 Å². The number of hydrogen-bond donors (Lipinski definition) is 2. The molecule has 0 aliphatic carbocycles. The number of carbonyl (C=O) groups is 1. The maximum absolute atomic E-state index is 10.3. The van der Waals surface area contributed by atoms with Crippen molar-refractivity contribution >= 4 is 5.97 Å². The van der Waals surface area contributed by atoms with Crippen molar-refractivity contribution in [3.05, 3.63) is 12.2 Å². The lowest BCUT2D eigenvalue weighted by Gasteiger charge is -2.12. The van der Waals surface area contributed by atoms with E-state index in [2.05, 4.69) is 6.58 Å². The van der Waals surface area contributed by atoms with Crippen molar-refractivity contribution < 1.29 is 9.90 Å². The minimum Gasteiger partial charge on any atom is -0.478 e. The van der Waals surface area contributed by atoms with E-state index in [0.29, 0.717) is 12.3 Å². The fraction of sp³-hybridized carbons (Fsp3) is 0.625. The first-order valence-corrected chi connectivity index (χ1v) is 3.62. The largest absolute Gasteiger partial charge is 0.478 e. The predicted molar refractivity (Wildman–Crippen MR) is 44.2 cm³/mol. The topological polar surface area (TPSA) is 63.3 Å². The molecule has 0 saturated carbocycles. The summed E-state index contributed by atoms with van der Waals surface area (Å²) in [5, 5.41) is 8.49. The van der Waals surface area contributed by atoms with Crippen LogP contribution in [0.5, 0.6) is 0 Å². The van der Waals surface area contributed by atoms with Crippen molar-refractivity contribution in [2.45, 2.75) is 26.3 Å². The van der Waals surface area contributed by atoms with Crippen LogP contribution < -0.4 is 5.73 Å². The fourth-order valence-corrected chi connectivity index (χ4v) is 0.809. The molecule has 0 aromatic carbocycles. The summed E-state index contributed by atoms with van der Waals surface area (Å²) < 4.78 is 0. The van der Waals surface area contributed by atoms with Crippen LogP contribution in [0.1, 0.15) is 20.3 Å². The van der Waals surface area contributed by atoms with Crippen LogP contribution in [0.2, 0.25) is 0 Å². The van der Waals surface area contributed by atoms with Crippen molar-refractivity contribution in [2.24, 2.45) is 11.7 Å². The van der Waals surface area contributed by atoms with Crippen molar-refractivity contribution in [1.29, 1.82) is 0 Å². The van der Waals surface area contributed by atoms with Crippen LogP contribution in [0.4, 0.5) is 0 Å². The first-order valence-electron chi connectivity index (χ1n) is 3.62. The van der Waals surface area contributed by atoms with E-state index in [0.717, 1.165) is 0 Å². The van der Waals surface area contributed by atoms with Gasteiger partial charge in [-0.1, -0.05) is 20.4 Å². The molecular formula is C8H15NO2. The molecule has 3 nitrogen and oxygen atoms in total. The first kappa shape index (κ1) is 10.2. The zero-order valence-electron chi connectivity index (χ0n) is 7.00. The first-order chi connectivity index (χ1) is 4.95.